The summed E-state index contributed by atoms with van der Waals surface area (Å²) in [5, 5.41) is 0. The smallest absolute Gasteiger partial charge is 0.294 e. The minimum atomic E-state index is -4.39. The van der Waals surface area contributed by atoms with Crippen LogP contribution in [0.2, 0.25) is 0 Å². The second-order valence-electron chi connectivity index (χ2n) is 5.54. The van der Waals surface area contributed by atoms with Gasteiger partial charge in [0.1, 0.15) is 0 Å². The average molecular weight is 284 g/mol. The summed E-state index contributed by atoms with van der Waals surface area (Å²) in [6, 6.07) is 4.73. The van der Waals surface area contributed by atoms with Gasteiger partial charge in [-0.25, -0.2) is 0 Å². The molecule has 1 saturated carbocycles. The predicted molar refractivity (Wildman–Crippen MR) is 71.6 cm³/mol. The zero-order valence-electron chi connectivity index (χ0n) is 11.4. The molecule has 0 radical (unpaired) electrons. The number of alkyl halides is 3. The van der Waals surface area contributed by atoms with E-state index in [1.807, 2.05) is 0 Å². The number of rotatable bonds is 4. The van der Waals surface area contributed by atoms with Crippen molar-refractivity contribution >= 4 is 5.78 Å². The third-order valence-electron chi connectivity index (χ3n) is 4.02. The van der Waals surface area contributed by atoms with E-state index in [0.29, 0.717) is 12.3 Å². The molecule has 4 heteroatoms. The van der Waals surface area contributed by atoms with Crippen LogP contribution in [0.25, 0.3) is 0 Å². The number of carbonyl (C=O) groups excluding carboxylic acids is 1. The lowest BCUT2D eigenvalue weighted by Crippen LogP contribution is -2.10. The first-order chi connectivity index (χ1) is 9.47. The summed E-state index contributed by atoms with van der Waals surface area (Å²) in [5.41, 5.74) is -0.573. The third kappa shape index (κ3) is 4.09. The molecular formula is C16H19F3O. The first-order valence-corrected chi connectivity index (χ1v) is 7.17. The highest BCUT2D eigenvalue weighted by Gasteiger charge is 2.30. The molecule has 20 heavy (non-hydrogen) atoms. The van der Waals surface area contributed by atoms with Gasteiger partial charge in [0.05, 0.1) is 5.56 Å². The predicted octanol–water partition coefficient (Wildman–Crippen LogP) is 5.25. The minimum absolute atomic E-state index is 0.177. The number of ketones is 1. The first-order valence-electron chi connectivity index (χ1n) is 7.17. The average Bonchev–Trinajstić information content (AvgIpc) is 2.45. The lowest BCUT2D eigenvalue weighted by molar-refractivity contribution is -0.137. The van der Waals surface area contributed by atoms with E-state index in [9.17, 15) is 18.0 Å². The second kappa shape index (κ2) is 6.42. The van der Waals surface area contributed by atoms with Crippen LogP contribution in [-0.4, -0.2) is 5.78 Å². The molecule has 0 bridgehead atoms. The molecule has 0 aliphatic heterocycles. The van der Waals surface area contributed by atoms with Crippen molar-refractivity contribution in [1.29, 1.82) is 0 Å². The molecule has 1 fully saturated rings. The Morgan fingerprint density at radius 3 is 2.50 bits per heavy atom. The van der Waals surface area contributed by atoms with Gasteiger partial charge in [0.25, 0.3) is 0 Å². The Labute approximate surface area is 117 Å². The molecule has 2 rings (SSSR count). The van der Waals surface area contributed by atoms with Crippen LogP contribution in [-0.2, 0) is 6.18 Å². The zero-order chi connectivity index (χ0) is 14.6. The number of carbonyl (C=O) groups is 1. The Morgan fingerprint density at radius 2 is 1.85 bits per heavy atom. The van der Waals surface area contributed by atoms with Crippen molar-refractivity contribution in [2.45, 2.75) is 51.1 Å². The maximum absolute atomic E-state index is 12.6. The van der Waals surface area contributed by atoms with E-state index in [2.05, 4.69) is 0 Å². The van der Waals surface area contributed by atoms with E-state index < -0.39 is 11.7 Å². The van der Waals surface area contributed by atoms with Crippen LogP contribution in [0.4, 0.5) is 13.2 Å². The number of halogens is 3. The van der Waals surface area contributed by atoms with Gasteiger partial charge >= 0.3 is 6.18 Å². The van der Waals surface area contributed by atoms with Crippen LogP contribution in [0.5, 0.6) is 0 Å². The molecule has 1 aliphatic carbocycles. The van der Waals surface area contributed by atoms with E-state index in [1.54, 1.807) is 0 Å². The van der Waals surface area contributed by atoms with Crippen LogP contribution in [0.1, 0.15) is 60.9 Å². The Morgan fingerprint density at radius 1 is 1.15 bits per heavy atom. The summed E-state index contributed by atoms with van der Waals surface area (Å²) in [6.45, 7) is 0. The van der Waals surface area contributed by atoms with Gasteiger partial charge < -0.3 is 0 Å². The van der Waals surface area contributed by atoms with Gasteiger partial charge in [0.2, 0.25) is 0 Å². The lowest BCUT2D eigenvalue weighted by Gasteiger charge is -2.20. The van der Waals surface area contributed by atoms with Crippen molar-refractivity contribution in [2.75, 3.05) is 0 Å². The van der Waals surface area contributed by atoms with E-state index in [0.717, 1.165) is 31.4 Å². The Balaban J connectivity index is 1.95. The van der Waals surface area contributed by atoms with Crippen LogP contribution >= 0.6 is 0 Å². The highest BCUT2D eigenvalue weighted by atomic mass is 19.4. The molecule has 0 heterocycles. The van der Waals surface area contributed by atoms with Gasteiger partial charge in [0, 0.05) is 12.0 Å². The van der Waals surface area contributed by atoms with Crippen molar-refractivity contribution in [3.63, 3.8) is 0 Å². The normalized spacial score (nSPS) is 17.1. The Hall–Kier alpha value is -1.32. The summed E-state index contributed by atoms with van der Waals surface area (Å²) < 4.78 is 37.8. The van der Waals surface area contributed by atoms with Gasteiger partial charge in [-0.15, -0.1) is 0 Å². The molecule has 0 N–H and O–H groups in total. The Kier molecular flexibility index (Phi) is 4.84. The van der Waals surface area contributed by atoms with Crippen LogP contribution in [0.15, 0.2) is 24.3 Å². The van der Waals surface area contributed by atoms with E-state index >= 15 is 0 Å². The second-order valence-corrected chi connectivity index (χ2v) is 5.54. The topological polar surface area (TPSA) is 17.1 Å². The minimum Gasteiger partial charge on any atom is -0.294 e. The standard InChI is InChI=1S/C16H19F3O/c17-16(18,19)14-8-4-7-13(11-14)15(20)10-9-12-5-2-1-3-6-12/h4,7-8,11-12H,1-3,5-6,9-10H2. The van der Waals surface area contributed by atoms with Crippen LogP contribution in [0, 0.1) is 5.92 Å². The molecule has 1 aromatic rings. The van der Waals surface area contributed by atoms with Crippen molar-refractivity contribution in [2.24, 2.45) is 5.92 Å². The third-order valence-corrected chi connectivity index (χ3v) is 4.02. The molecule has 0 amide bonds. The van der Waals surface area contributed by atoms with Gasteiger partial charge in [0.15, 0.2) is 5.78 Å². The van der Waals surface area contributed by atoms with E-state index in [-0.39, 0.29) is 11.3 Å². The van der Waals surface area contributed by atoms with Gasteiger partial charge in [-0.3, -0.25) is 4.79 Å². The molecule has 0 saturated heterocycles. The van der Waals surface area contributed by atoms with Crippen molar-refractivity contribution < 1.29 is 18.0 Å². The fraction of sp³-hybridized carbons (Fsp3) is 0.562. The highest BCUT2D eigenvalue weighted by Crippen LogP contribution is 2.31. The highest BCUT2D eigenvalue weighted by molar-refractivity contribution is 5.96. The fourth-order valence-electron chi connectivity index (χ4n) is 2.82. The van der Waals surface area contributed by atoms with Crippen molar-refractivity contribution in [3.8, 4) is 0 Å². The van der Waals surface area contributed by atoms with Crippen molar-refractivity contribution in [1.82, 2.24) is 0 Å². The molecule has 0 atom stereocenters. The molecule has 1 aromatic carbocycles. The number of hydrogen-bond acceptors (Lipinski definition) is 1. The maximum Gasteiger partial charge on any atom is 0.416 e. The van der Waals surface area contributed by atoms with E-state index in [4.69, 9.17) is 0 Å². The summed E-state index contributed by atoms with van der Waals surface area (Å²) in [7, 11) is 0. The quantitative estimate of drug-likeness (QED) is 0.690. The number of hydrogen-bond donors (Lipinski definition) is 0. The summed E-state index contributed by atoms with van der Waals surface area (Å²) >= 11 is 0. The molecular weight excluding hydrogens is 265 g/mol. The Bertz CT molecular complexity index is 459. The largest absolute Gasteiger partial charge is 0.416 e. The molecule has 110 valence electrons. The SMILES string of the molecule is O=C(CCC1CCCCC1)c1cccc(C(F)(F)F)c1. The number of Topliss-reactive ketones (excluding diaryl/α,β-unsaturated/α-hetero) is 1. The summed E-state index contributed by atoms with van der Waals surface area (Å²) in [6.07, 6.45) is 2.75. The number of benzene rings is 1. The monoisotopic (exact) mass is 284 g/mol. The zero-order valence-corrected chi connectivity index (χ0v) is 11.4. The molecule has 1 nitrogen and oxygen atoms in total. The van der Waals surface area contributed by atoms with Gasteiger partial charge in [-0.2, -0.15) is 13.2 Å². The van der Waals surface area contributed by atoms with E-state index in [1.165, 1.54) is 31.4 Å². The molecule has 0 unspecified atom stereocenters. The summed E-state index contributed by atoms with van der Waals surface area (Å²) in [4.78, 5) is 12.0. The van der Waals surface area contributed by atoms with Crippen LogP contribution in [0.3, 0.4) is 0 Å². The first kappa shape index (κ1) is 15.1. The summed E-state index contributed by atoms with van der Waals surface area (Å²) in [5.74, 6) is 0.389. The molecule has 0 spiro atoms. The van der Waals surface area contributed by atoms with Crippen molar-refractivity contribution in [3.05, 3.63) is 35.4 Å². The van der Waals surface area contributed by atoms with Crippen LogP contribution < -0.4 is 0 Å². The lowest BCUT2D eigenvalue weighted by atomic mass is 9.85. The fourth-order valence-corrected chi connectivity index (χ4v) is 2.82. The molecule has 1 aliphatic rings. The van der Waals surface area contributed by atoms with Gasteiger partial charge in [-0.1, -0.05) is 44.2 Å². The molecule has 0 aromatic heterocycles. The van der Waals surface area contributed by atoms with Gasteiger partial charge in [-0.05, 0) is 24.5 Å². The maximum atomic E-state index is 12.6.